The molecule has 2 unspecified atom stereocenters. The van der Waals surface area contributed by atoms with E-state index in [2.05, 4.69) is 0 Å². The fraction of sp³-hybridized carbons (Fsp3) is 0.444. The molecule has 21 heavy (non-hydrogen) atoms. The molecule has 0 fully saturated rings. The lowest BCUT2D eigenvalue weighted by molar-refractivity contribution is -0.175. The Balaban J connectivity index is 2.56. The molecule has 0 bridgehead atoms. The highest BCUT2D eigenvalue weighted by atomic mass is 19.4. The van der Waals surface area contributed by atoms with Crippen LogP contribution in [-0.4, -0.2) is 6.18 Å². The first-order valence-electron chi connectivity index (χ1n) is 7.18. The Morgan fingerprint density at radius 1 is 1.00 bits per heavy atom. The summed E-state index contributed by atoms with van der Waals surface area (Å²) in [7, 11) is 0. The van der Waals surface area contributed by atoms with Gasteiger partial charge < -0.3 is 0 Å². The van der Waals surface area contributed by atoms with Gasteiger partial charge in [0.25, 0.3) is 0 Å². The van der Waals surface area contributed by atoms with Crippen LogP contribution >= 0.6 is 0 Å². The standard InChI is InChI=1S/C18H21F3/c1-12-5-8-15(9-6-12)17(4,18(19,20)21)16-10-7-13(2)14(3)11-16/h5-10,14H,11H2,1-4H3. The summed E-state index contributed by atoms with van der Waals surface area (Å²) in [6.45, 7) is 7.12. The molecular weight excluding hydrogens is 273 g/mol. The molecule has 0 saturated heterocycles. The van der Waals surface area contributed by atoms with Gasteiger partial charge in [0.05, 0.1) is 0 Å². The molecule has 3 heteroatoms. The van der Waals surface area contributed by atoms with Crippen LogP contribution in [0.25, 0.3) is 0 Å². The fourth-order valence-corrected chi connectivity index (χ4v) is 2.74. The summed E-state index contributed by atoms with van der Waals surface area (Å²) >= 11 is 0. The van der Waals surface area contributed by atoms with Crippen LogP contribution in [0.4, 0.5) is 13.2 Å². The third-order valence-electron chi connectivity index (χ3n) is 4.69. The van der Waals surface area contributed by atoms with Gasteiger partial charge in [0.15, 0.2) is 0 Å². The van der Waals surface area contributed by atoms with Crippen molar-refractivity contribution in [2.45, 2.75) is 45.7 Å². The second-order valence-electron chi connectivity index (χ2n) is 6.20. The molecule has 114 valence electrons. The van der Waals surface area contributed by atoms with E-state index < -0.39 is 11.6 Å². The number of hydrogen-bond donors (Lipinski definition) is 0. The van der Waals surface area contributed by atoms with Crippen LogP contribution in [0.3, 0.4) is 0 Å². The molecule has 0 saturated carbocycles. The monoisotopic (exact) mass is 294 g/mol. The lowest BCUT2D eigenvalue weighted by atomic mass is 9.70. The SMILES string of the molecule is CC1=CC=C(C(C)(c2ccc(C)cc2)C(F)(F)F)CC1C. The Labute approximate surface area is 124 Å². The summed E-state index contributed by atoms with van der Waals surface area (Å²) in [5, 5.41) is 0. The summed E-state index contributed by atoms with van der Waals surface area (Å²) < 4.78 is 41.5. The van der Waals surface area contributed by atoms with Crippen LogP contribution in [-0.2, 0) is 5.41 Å². The van der Waals surface area contributed by atoms with Crippen LogP contribution in [0.5, 0.6) is 0 Å². The minimum absolute atomic E-state index is 0.150. The van der Waals surface area contributed by atoms with Crippen molar-refractivity contribution in [3.8, 4) is 0 Å². The smallest absolute Gasteiger partial charge is 0.170 e. The molecule has 0 heterocycles. The maximum atomic E-state index is 13.8. The van der Waals surface area contributed by atoms with Crippen LogP contribution < -0.4 is 0 Å². The number of halogens is 3. The maximum Gasteiger partial charge on any atom is 0.401 e. The summed E-state index contributed by atoms with van der Waals surface area (Å²) in [6, 6.07) is 6.68. The first-order valence-corrected chi connectivity index (χ1v) is 7.18. The minimum Gasteiger partial charge on any atom is -0.170 e. The van der Waals surface area contributed by atoms with Crippen molar-refractivity contribution in [3.63, 3.8) is 0 Å². The van der Waals surface area contributed by atoms with E-state index in [-0.39, 0.29) is 5.92 Å². The van der Waals surface area contributed by atoms with Crippen LogP contribution in [0.1, 0.15) is 38.3 Å². The molecule has 0 nitrogen and oxygen atoms in total. The summed E-state index contributed by atoms with van der Waals surface area (Å²) in [5.74, 6) is 0.150. The molecule has 0 amide bonds. The zero-order chi connectivity index (χ0) is 15.8. The number of alkyl halides is 3. The van der Waals surface area contributed by atoms with Gasteiger partial charge in [-0.3, -0.25) is 0 Å². The normalized spacial score (nSPS) is 22.3. The molecule has 0 aromatic heterocycles. The topological polar surface area (TPSA) is 0 Å². The Hall–Kier alpha value is -1.51. The van der Waals surface area contributed by atoms with Gasteiger partial charge in [0.1, 0.15) is 5.41 Å². The lowest BCUT2D eigenvalue weighted by Gasteiger charge is -2.37. The van der Waals surface area contributed by atoms with Crippen molar-refractivity contribution >= 4 is 0 Å². The number of hydrogen-bond acceptors (Lipinski definition) is 0. The molecule has 1 aliphatic carbocycles. The molecule has 2 rings (SSSR count). The molecule has 2 atom stereocenters. The van der Waals surface area contributed by atoms with E-state index in [1.165, 1.54) is 6.92 Å². The quantitative estimate of drug-likeness (QED) is 0.653. The summed E-state index contributed by atoms with van der Waals surface area (Å²) in [5.41, 5.74) is 0.924. The van der Waals surface area contributed by atoms with Gasteiger partial charge in [-0.15, -0.1) is 0 Å². The third kappa shape index (κ3) is 2.78. The number of benzene rings is 1. The molecule has 1 aromatic carbocycles. The van der Waals surface area contributed by atoms with Crippen LogP contribution in [0, 0.1) is 12.8 Å². The van der Waals surface area contributed by atoms with E-state index in [9.17, 15) is 13.2 Å². The molecule has 1 aliphatic rings. The molecule has 1 aromatic rings. The molecule has 0 radical (unpaired) electrons. The Morgan fingerprint density at radius 3 is 2.05 bits per heavy atom. The molecule has 0 aliphatic heterocycles. The lowest BCUT2D eigenvalue weighted by Crippen LogP contribution is -2.42. The van der Waals surface area contributed by atoms with Crippen molar-refractivity contribution in [1.82, 2.24) is 0 Å². The van der Waals surface area contributed by atoms with Crippen molar-refractivity contribution < 1.29 is 13.2 Å². The Morgan fingerprint density at radius 2 is 1.57 bits per heavy atom. The Bertz CT molecular complexity index is 575. The summed E-state index contributed by atoms with van der Waals surface area (Å²) in [4.78, 5) is 0. The highest BCUT2D eigenvalue weighted by molar-refractivity contribution is 5.42. The van der Waals surface area contributed by atoms with Crippen molar-refractivity contribution in [3.05, 3.63) is 58.7 Å². The largest absolute Gasteiger partial charge is 0.401 e. The van der Waals surface area contributed by atoms with E-state index in [0.29, 0.717) is 17.6 Å². The maximum absolute atomic E-state index is 13.8. The highest BCUT2D eigenvalue weighted by Gasteiger charge is 2.54. The van der Waals surface area contributed by atoms with Crippen molar-refractivity contribution in [2.24, 2.45) is 5.92 Å². The third-order valence-corrected chi connectivity index (χ3v) is 4.69. The van der Waals surface area contributed by atoms with Crippen LogP contribution in [0.2, 0.25) is 0 Å². The van der Waals surface area contributed by atoms with Gasteiger partial charge in [0.2, 0.25) is 0 Å². The number of aryl methyl sites for hydroxylation is 1. The van der Waals surface area contributed by atoms with Crippen molar-refractivity contribution in [1.29, 1.82) is 0 Å². The van der Waals surface area contributed by atoms with Gasteiger partial charge in [-0.05, 0) is 38.7 Å². The zero-order valence-corrected chi connectivity index (χ0v) is 12.9. The molecule has 0 spiro atoms. The molecular formula is C18H21F3. The molecule has 0 N–H and O–H groups in total. The van der Waals surface area contributed by atoms with Gasteiger partial charge >= 0.3 is 6.18 Å². The minimum atomic E-state index is -4.31. The van der Waals surface area contributed by atoms with E-state index in [1.807, 2.05) is 26.8 Å². The summed E-state index contributed by atoms with van der Waals surface area (Å²) in [6.07, 6.45) is -0.385. The first kappa shape index (κ1) is 15.9. The van der Waals surface area contributed by atoms with E-state index in [1.54, 1.807) is 30.3 Å². The van der Waals surface area contributed by atoms with Gasteiger partial charge in [-0.25, -0.2) is 0 Å². The van der Waals surface area contributed by atoms with E-state index in [4.69, 9.17) is 0 Å². The highest BCUT2D eigenvalue weighted by Crippen LogP contribution is 2.49. The predicted octanol–water partition coefficient (Wildman–Crippen LogP) is 5.73. The van der Waals surface area contributed by atoms with Gasteiger partial charge in [0, 0.05) is 0 Å². The average Bonchev–Trinajstić information content (AvgIpc) is 2.40. The van der Waals surface area contributed by atoms with Crippen molar-refractivity contribution in [2.75, 3.05) is 0 Å². The number of allylic oxidation sites excluding steroid dienone is 4. The van der Waals surface area contributed by atoms with E-state index >= 15 is 0 Å². The van der Waals surface area contributed by atoms with Crippen LogP contribution in [0.15, 0.2) is 47.6 Å². The predicted molar refractivity (Wildman–Crippen MR) is 80.2 cm³/mol. The number of rotatable bonds is 2. The first-order chi connectivity index (χ1) is 9.66. The Kier molecular flexibility index (Phi) is 4.05. The van der Waals surface area contributed by atoms with Gasteiger partial charge in [-0.1, -0.05) is 60.1 Å². The van der Waals surface area contributed by atoms with E-state index in [0.717, 1.165) is 11.1 Å². The zero-order valence-electron chi connectivity index (χ0n) is 12.9. The second-order valence-corrected chi connectivity index (χ2v) is 6.20. The fourth-order valence-electron chi connectivity index (χ4n) is 2.74. The average molecular weight is 294 g/mol. The van der Waals surface area contributed by atoms with Gasteiger partial charge in [-0.2, -0.15) is 13.2 Å². The second kappa shape index (κ2) is 5.36.